The number of nitrogens with zero attached hydrogens (tertiary/aromatic N) is 2. The van der Waals surface area contributed by atoms with Gasteiger partial charge in [0.05, 0.1) is 11.4 Å². The minimum Gasteiger partial charge on any atom is -0.478 e. The van der Waals surface area contributed by atoms with Gasteiger partial charge in [-0.05, 0) is 25.5 Å². The fraction of sp³-hybridized carbons (Fsp3) is 0.471. The van der Waals surface area contributed by atoms with Crippen molar-refractivity contribution in [3.8, 4) is 0 Å². The number of hydrogen-bond donors (Lipinski definition) is 1. The van der Waals surface area contributed by atoms with E-state index < -0.39 is 16.0 Å². The van der Waals surface area contributed by atoms with Crippen LogP contribution in [0.5, 0.6) is 0 Å². The molecule has 1 aromatic carbocycles. The van der Waals surface area contributed by atoms with Gasteiger partial charge >= 0.3 is 5.97 Å². The van der Waals surface area contributed by atoms with Gasteiger partial charge in [0.2, 0.25) is 10.0 Å². The van der Waals surface area contributed by atoms with Crippen molar-refractivity contribution in [2.45, 2.75) is 31.6 Å². The van der Waals surface area contributed by atoms with E-state index in [4.69, 9.17) is 5.11 Å². The monoisotopic (exact) mass is 352 g/mol. The lowest BCUT2D eigenvalue weighted by Crippen LogP contribution is -2.47. The van der Waals surface area contributed by atoms with Crippen molar-refractivity contribution in [2.75, 3.05) is 26.2 Å². The predicted octanol–water partition coefficient (Wildman–Crippen LogP) is 2.07. The van der Waals surface area contributed by atoms with Crippen molar-refractivity contribution in [1.29, 1.82) is 0 Å². The summed E-state index contributed by atoms with van der Waals surface area (Å²) in [5.74, 6) is -1.05. The lowest BCUT2D eigenvalue weighted by Gasteiger charge is -2.37. The van der Waals surface area contributed by atoms with Gasteiger partial charge in [0.25, 0.3) is 0 Å². The fourth-order valence-corrected chi connectivity index (χ4v) is 4.09. The molecule has 0 spiro atoms. The van der Waals surface area contributed by atoms with Crippen LogP contribution in [0.3, 0.4) is 0 Å². The van der Waals surface area contributed by atoms with E-state index in [0.29, 0.717) is 18.8 Å². The van der Waals surface area contributed by atoms with Gasteiger partial charge in [-0.3, -0.25) is 0 Å². The van der Waals surface area contributed by atoms with Gasteiger partial charge in [-0.1, -0.05) is 31.0 Å². The van der Waals surface area contributed by atoms with Gasteiger partial charge in [-0.25, -0.2) is 13.2 Å². The Kier molecular flexibility index (Phi) is 6.01. The maximum Gasteiger partial charge on any atom is 0.330 e. The van der Waals surface area contributed by atoms with Gasteiger partial charge in [0, 0.05) is 31.4 Å². The molecule has 1 aromatic rings. The van der Waals surface area contributed by atoms with Crippen LogP contribution >= 0.6 is 0 Å². The van der Waals surface area contributed by atoms with Crippen LogP contribution in [-0.4, -0.2) is 54.9 Å². The van der Waals surface area contributed by atoms with Crippen LogP contribution < -0.4 is 0 Å². The second kappa shape index (κ2) is 7.81. The average Bonchev–Trinajstić information content (AvgIpc) is 2.53. The lowest BCUT2D eigenvalue weighted by atomic mass is 10.2. The smallest absolute Gasteiger partial charge is 0.330 e. The molecule has 6 nitrogen and oxygen atoms in total. The third-order valence-corrected chi connectivity index (χ3v) is 5.95. The quantitative estimate of drug-likeness (QED) is 0.793. The third kappa shape index (κ3) is 4.36. The average molecular weight is 352 g/mol. The normalized spacial score (nSPS) is 18.1. The Labute approximate surface area is 143 Å². The molecule has 1 aliphatic rings. The van der Waals surface area contributed by atoms with E-state index in [9.17, 15) is 13.2 Å². The number of benzene rings is 1. The third-order valence-electron chi connectivity index (χ3n) is 4.09. The topological polar surface area (TPSA) is 77.9 Å². The van der Waals surface area contributed by atoms with Crippen molar-refractivity contribution < 1.29 is 18.3 Å². The first-order chi connectivity index (χ1) is 11.3. The molecule has 0 amide bonds. The molecular weight excluding hydrogens is 328 g/mol. The largest absolute Gasteiger partial charge is 0.478 e. The fourth-order valence-electron chi connectivity index (χ4n) is 2.68. The maximum absolute atomic E-state index is 12.8. The Morgan fingerprint density at radius 2 is 1.92 bits per heavy atom. The van der Waals surface area contributed by atoms with Gasteiger partial charge in [-0.2, -0.15) is 4.31 Å². The van der Waals surface area contributed by atoms with Gasteiger partial charge in [-0.15, -0.1) is 0 Å². The number of piperazine rings is 1. The van der Waals surface area contributed by atoms with Crippen LogP contribution in [0, 0.1) is 6.92 Å². The Morgan fingerprint density at radius 3 is 2.50 bits per heavy atom. The van der Waals surface area contributed by atoms with Crippen molar-refractivity contribution >= 4 is 16.0 Å². The van der Waals surface area contributed by atoms with E-state index in [1.54, 1.807) is 24.3 Å². The van der Waals surface area contributed by atoms with Gasteiger partial charge in [0.1, 0.15) is 0 Å². The van der Waals surface area contributed by atoms with E-state index in [0.717, 1.165) is 31.0 Å². The molecule has 2 rings (SSSR count). The second-order valence-electron chi connectivity index (χ2n) is 5.97. The highest BCUT2D eigenvalue weighted by atomic mass is 32.2. The van der Waals surface area contributed by atoms with Crippen LogP contribution in [0.25, 0.3) is 0 Å². The SMILES string of the molecule is CCCCN1CCN(S(=O)(=O)c2ccc(C)cc2)CC1=CC(=O)O. The molecule has 0 radical (unpaired) electrons. The molecule has 1 aliphatic heterocycles. The molecule has 1 fully saturated rings. The van der Waals surface area contributed by atoms with Gasteiger partial charge < -0.3 is 10.0 Å². The molecule has 24 heavy (non-hydrogen) atoms. The number of aliphatic carboxylic acids is 1. The van der Waals surface area contributed by atoms with Crippen molar-refractivity contribution in [3.63, 3.8) is 0 Å². The molecule has 0 saturated carbocycles. The summed E-state index contributed by atoms with van der Waals surface area (Å²) in [5.41, 5.74) is 1.53. The Balaban J connectivity index is 2.23. The summed E-state index contributed by atoms with van der Waals surface area (Å²) in [6.45, 7) is 5.66. The highest BCUT2D eigenvalue weighted by molar-refractivity contribution is 7.89. The first-order valence-electron chi connectivity index (χ1n) is 8.10. The molecule has 0 unspecified atom stereocenters. The predicted molar refractivity (Wildman–Crippen MR) is 92.1 cm³/mol. The number of hydrogen-bond acceptors (Lipinski definition) is 4. The van der Waals surface area contributed by atoms with Crippen molar-refractivity contribution in [2.24, 2.45) is 0 Å². The molecular formula is C17H24N2O4S. The summed E-state index contributed by atoms with van der Waals surface area (Å²) in [4.78, 5) is 13.3. The van der Waals surface area contributed by atoms with Crippen molar-refractivity contribution in [1.82, 2.24) is 9.21 Å². The number of carboxylic acids is 1. The van der Waals surface area contributed by atoms with E-state index in [-0.39, 0.29) is 11.4 Å². The summed E-state index contributed by atoms with van der Waals surface area (Å²) in [5, 5.41) is 9.07. The highest BCUT2D eigenvalue weighted by Crippen LogP contribution is 2.22. The number of sulfonamides is 1. The lowest BCUT2D eigenvalue weighted by molar-refractivity contribution is -0.131. The van der Waals surface area contributed by atoms with Crippen molar-refractivity contribution in [3.05, 3.63) is 41.6 Å². The summed E-state index contributed by atoms with van der Waals surface area (Å²) in [6.07, 6.45) is 3.07. The summed E-state index contributed by atoms with van der Waals surface area (Å²) in [6, 6.07) is 6.71. The first kappa shape index (κ1) is 18.5. The summed E-state index contributed by atoms with van der Waals surface area (Å²) >= 11 is 0. The molecule has 1 saturated heterocycles. The molecule has 0 atom stereocenters. The zero-order chi connectivity index (χ0) is 17.7. The molecule has 0 aromatic heterocycles. The van der Waals surface area contributed by atoms with Crippen LogP contribution in [0.15, 0.2) is 40.9 Å². The molecule has 0 aliphatic carbocycles. The number of aryl methyl sites for hydroxylation is 1. The maximum atomic E-state index is 12.8. The molecule has 132 valence electrons. The highest BCUT2D eigenvalue weighted by Gasteiger charge is 2.30. The zero-order valence-corrected chi connectivity index (χ0v) is 14.9. The molecule has 0 bridgehead atoms. The first-order valence-corrected chi connectivity index (χ1v) is 9.54. The van der Waals surface area contributed by atoms with E-state index in [2.05, 4.69) is 6.92 Å². The van der Waals surface area contributed by atoms with Crippen LogP contribution in [-0.2, 0) is 14.8 Å². The molecule has 1 heterocycles. The Bertz CT molecular complexity index is 711. The Hall–Kier alpha value is -1.86. The van der Waals surface area contributed by atoms with Crippen LogP contribution in [0.1, 0.15) is 25.3 Å². The number of carbonyl (C=O) groups is 1. The van der Waals surface area contributed by atoms with Crippen LogP contribution in [0.2, 0.25) is 0 Å². The minimum absolute atomic E-state index is 0.0895. The minimum atomic E-state index is -3.62. The van der Waals surface area contributed by atoms with E-state index in [1.165, 1.54) is 4.31 Å². The van der Waals surface area contributed by atoms with E-state index in [1.807, 2.05) is 11.8 Å². The number of rotatable bonds is 6. The second-order valence-corrected chi connectivity index (χ2v) is 7.90. The van der Waals surface area contributed by atoms with Crippen LogP contribution in [0.4, 0.5) is 0 Å². The zero-order valence-electron chi connectivity index (χ0n) is 14.1. The standard InChI is InChI=1S/C17H24N2O4S/c1-3-4-9-18-10-11-19(13-15(18)12-17(20)21)24(22,23)16-7-5-14(2)6-8-16/h5-8,12H,3-4,9-11,13H2,1-2H3,(H,20,21). The van der Waals surface area contributed by atoms with Gasteiger partial charge in [0.15, 0.2) is 0 Å². The number of unbranched alkanes of at least 4 members (excludes halogenated alkanes) is 1. The Morgan fingerprint density at radius 1 is 1.25 bits per heavy atom. The summed E-state index contributed by atoms with van der Waals surface area (Å²) in [7, 11) is -3.62. The summed E-state index contributed by atoms with van der Waals surface area (Å²) < 4.78 is 26.9. The molecule has 1 N–H and O–H groups in total. The molecule has 7 heteroatoms. The van der Waals surface area contributed by atoms with E-state index >= 15 is 0 Å². The number of carboxylic acid groups (broad SMARTS) is 1.